The van der Waals surface area contributed by atoms with Gasteiger partial charge in [-0.15, -0.1) is 0 Å². The van der Waals surface area contributed by atoms with Crippen molar-refractivity contribution in [1.82, 2.24) is 10.2 Å². The van der Waals surface area contributed by atoms with Gasteiger partial charge in [-0.3, -0.25) is 4.90 Å². The first kappa shape index (κ1) is 13.1. The summed E-state index contributed by atoms with van der Waals surface area (Å²) in [6.07, 6.45) is 6.88. The zero-order valence-electron chi connectivity index (χ0n) is 12.1. The van der Waals surface area contributed by atoms with E-state index in [-0.39, 0.29) is 0 Å². The molecule has 1 saturated carbocycles. The third-order valence-corrected chi connectivity index (χ3v) is 5.05. The standard InChI is InChI=1S/C17H26N2/c1-15-7-3-4-8-16(15)17(9-5-2-6-10-17)19-13-11-18-12-14-19/h3-4,7-8,18H,2,5-6,9-14H2,1H3. The van der Waals surface area contributed by atoms with Crippen LogP contribution in [0.1, 0.15) is 43.2 Å². The predicted molar refractivity (Wildman–Crippen MR) is 80.4 cm³/mol. The normalized spacial score (nSPS) is 24.3. The number of nitrogens with zero attached hydrogens (tertiary/aromatic N) is 1. The summed E-state index contributed by atoms with van der Waals surface area (Å²) < 4.78 is 0. The van der Waals surface area contributed by atoms with Crippen molar-refractivity contribution >= 4 is 0 Å². The number of rotatable bonds is 2. The second-order valence-electron chi connectivity index (χ2n) is 6.14. The molecule has 2 aliphatic rings. The van der Waals surface area contributed by atoms with Gasteiger partial charge in [0, 0.05) is 31.7 Å². The summed E-state index contributed by atoms with van der Waals surface area (Å²) in [5, 5.41) is 3.50. The molecule has 1 aliphatic heterocycles. The number of nitrogens with one attached hydrogen (secondary N) is 1. The molecular weight excluding hydrogens is 232 g/mol. The second kappa shape index (κ2) is 5.64. The first-order valence-corrected chi connectivity index (χ1v) is 7.85. The van der Waals surface area contributed by atoms with E-state index < -0.39 is 0 Å². The smallest absolute Gasteiger partial charge is 0.0464 e. The van der Waals surface area contributed by atoms with Crippen molar-refractivity contribution in [2.45, 2.75) is 44.6 Å². The maximum absolute atomic E-state index is 3.50. The van der Waals surface area contributed by atoms with Crippen LogP contribution < -0.4 is 5.32 Å². The monoisotopic (exact) mass is 258 g/mol. The molecule has 1 saturated heterocycles. The zero-order valence-corrected chi connectivity index (χ0v) is 12.1. The van der Waals surface area contributed by atoms with E-state index >= 15 is 0 Å². The zero-order chi connectivity index (χ0) is 13.1. The van der Waals surface area contributed by atoms with Gasteiger partial charge in [0.25, 0.3) is 0 Å². The highest BCUT2D eigenvalue weighted by Crippen LogP contribution is 2.43. The number of hydrogen-bond donors (Lipinski definition) is 1. The summed E-state index contributed by atoms with van der Waals surface area (Å²) in [7, 11) is 0. The van der Waals surface area contributed by atoms with E-state index in [9.17, 15) is 0 Å². The van der Waals surface area contributed by atoms with Gasteiger partial charge < -0.3 is 5.32 Å². The van der Waals surface area contributed by atoms with E-state index in [0.717, 1.165) is 13.1 Å². The Labute approximate surface area is 117 Å². The molecule has 1 N–H and O–H groups in total. The Kier molecular flexibility index (Phi) is 3.90. The molecule has 0 radical (unpaired) electrons. The summed E-state index contributed by atoms with van der Waals surface area (Å²) in [5.74, 6) is 0. The van der Waals surface area contributed by atoms with Crippen molar-refractivity contribution in [2.75, 3.05) is 26.2 Å². The van der Waals surface area contributed by atoms with Crippen molar-refractivity contribution in [3.63, 3.8) is 0 Å². The van der Waals surface area contributed by atoms with Crippen LogP contribution in [0.4, 0.5) is 0 Å². The van der Waals surface area contributed by atoms with Crippen LogP contribution in [0.5, 0.6) is 0 Å². The van der Waals surface area contributed by atoms with E-state index in [1.807, 2.05) is 0 Å². The molecule has 1 aliphatic carbocycles. The minimum Gasteiger partial charge on any atom is -0.314 e. The average Bonchev–Trinajstić information content (AvgIpc) is 2.49. The van der Waals surface area contributed by atoms with Gasteiger partial charge in [-0.05, 0) is 30.9 Å². The molecule has 1 heterocycles. The van der Waals surface area contributed by atoms with E-state index in [1.54, 1.807) is 5.56 Å². The van der Waals surface area contributed by atoms with Crippen LogP contribution in [-0.2, 0) is 5.54 Å². The van der Waals surface area contributed by atoms with Crippen molar-refractivity contribution in [2.24, 2.45) is 0 Å². The van der Waals surface area contributed by atoms with Gasteiger partial charge in [0.05, 0.1) is 0 Å². The Balaban J connectivity index is 1.98. The number of aryl methyl sites for hydroxylation is 1. The lowest BCUT2D eigenvalue weighted by atomic mass is 9.73. The molecule has 3 rings (SSSR count). The maximum Gasteiger partial charge on any atom is 0.0464 e. The first-order chi connectivity index (χ1) is 9.33. The molecule has 0 atom stereocenters. The molecule has 19 heavy (non-hydrogen) atoms. The van der Waals surface area contributed by atoms with Crippen molar-refractivity contribution < 1.29 is 0 Å². The number of benzene rings is 1. The summed E-state index contributed by atoms with van der Waals surface area (Å²) in [5.41, 5.74) is 3.39. The van der Waals surface area contributed by atoms with E-state index in [0.29, 0.717) is 5.54 Å². The minimum absolute atomic E-state index is 0.325. The summed E-state index contributed by atoms with van der Waals surface area (Å²) in [4.78, 5) is 2.77. The molecule has 0 spiro atoms. The molecule has 104 valence electrons. The van der Waals surface area contributed by atoms with Gasteiger partial charge in [0.15, 0.2) is 0 Å². The lowest BCUT2D eigenvalue weighted by Crippen LogP contribution is -2.55. The Morgan fingerprint density at radius 2 is 1.68 bits per heavy atom. The Morgan fingerprint density at radius 1 is 1.00 bits per heavy atom. The first-order valence-electron chi connectivity index (χ1n) is 7.85. The van der Waals surface area contributed by atoms with Crippen LogP contribution in [0.15, 0.2) is 24.3 Å². The second-order valence-corrected chi connectivity index (χ2v) is 6.14. The Hall–Kier alpha value is -0.860. The Morgan fingerprint density at radius 3 is 2.37 bits per heavy atom. The fourth-order valence-corrected chi connectivity index (χ4v) is 4.08. The van der Waals surface area contributed by atoms with Crippen molar-refractivity contribution in [3.8, 4) is 0 Å². The summed E-state index contributed by atoms with van der Waals surface area (Å²) in [6.45, 7) is 6.98. The molecular formula is C17H26N2. The molecule has 1 aromatic carbocycles. The van der Waals surface area contributed by atoms with Crippen LogP contribution in [0.25, 0.3) is 0 Å². The lowest BCUT2D eigenvalue weighted by molar-refractivity contribution is 0.0357. The highest BCUT2D eigenvalue weighted by molar-refractivity contribution is 5.33. The molecule has 2 heteroatoms. The molecule has 1 aromatic rings. The van der Waals surface area contributed by atoms with E-state index in [4.69, 9.17) is 0 Å². The Bertz CT molecular complexity index is 415. The van der Waals surface area contributed by atoms with E-state index in [2.05, 4.69) is 41.4 Å². The lowest BCUT2D eigenvalue weighted by Gasteiger charge is -2.49. The predicted octanol–water partition coefficient (Wildman–Crippen LogP) is 3.06. The summed E-state index contributed by atoms with van der Waals surface area (Å²) >= 11 is 0. The number of piperazine rings is 1. The number of hydrogen-bond acceptors (Lipinski definition) is 2. The van der Waals surface area contributed by atoms with Crippen molar-refractivity contribution in [3.05, 3.63) is 35.4 Å². The highest BCUT2D eigenvalue weighted by Gasteiger charge is 2.40. The molecule has 0 amide bonds. The van der Waals surface area contributed by atoms with Crippen LogP contribution in [0.2, 0.25) is 0 Å². The fraction of sp³-hybridized carbons (Fsp3) is 0.647. The van der Waals surface area contributed by atoms with Crippen LogP contribution >= 0.6 is 0 Å². The van der Waals surface area contributed by atoms with Crippen molar-refractivity contribution in [1.29, 1.82) is 0 Å². The quantitative estimate of drug-likeness (QED) is 0.877. The van der Waals surface area contributed by atoms with Gasteiger partial charge in [-0.25, -0.2) is 0 Å². The molecule has 2 nitrogen and oxygen atoms in total. The van der Waals surface area contributed by atoms with Gasteiger partial charge in [0.1, 0.15) is 0 Å². The summed E-state index contributed by atoms with van der Waals surface area (Å²) in [6, 6.07) is 9.06. The third-order valence-electron chi connectivity index (χ3n) is 5.05. The highest BCUT2D eigenvalue weighted by atomic mass is 15.2. The van der Waals surface area contributed by atoms with Crippen LogP contribution in [0, 0.1) is 6.92 Å². The van der Waals surface area contributed by atoms with Gasteiger partial charge in [-0.1, -0.05) is 43.5 Å². The maximum atomic E-state index is 3.50. The molecule has 0 unspecified atom stereocenters. The SMILES string of the molecule is Cc1ccccc1C1(N2CCNCC2)CCCCC1. The van der Waals surface area contributed by atoms with Gasteiger partial charge in [-0.2, -0.15) is 0 Å². The molecule has 0 aromatic heterocycles. The third kappa shape index (κ3) is 2.44. The molecule has 0 bridgehead atoms. The largest absolute Gasteiger partial charge is 0.314 e. The van der Waals surface area contributed by atoms with E-state index in [1.165, 1.54) is 50.8 Å². The minimum atomic E-state index is 0.325. The van der Waals surface area contributed by atoms with Gasteiger partial charge in [0.2, 0.25) is 0 Å². The van der Waals surface area contributed by atoms with Crippen LogP contribution in [-0.4, -0.2) is 31.1 Å². The topological polar surface area (TPSA) is 15.3 Å². The fourth-order valence-electron chi connectivity index (χ4n) is 4.08. The van der Waals surface area contributed by atoms with Crippen LogP contribution in [0.3, 0.4) is 0 Å². The van der Waals surface area contributed by atoms with Gasteiger partial charge >= 0.3 is 0 Å². The average molecular weight is 258 g/mol. The molecule has 2 fully saturated rings.